The van der Waals surface area contributed by atoms with Crippen LogP contribution in [0.2, 0.25) is 0 Å². The molecule has 0 bridgehead atoms. The Morgan fingerprint density at radius 2 is 1.79 bits per heavy atom. The van der Waals surface area contributed by atoms with Crippen LogP contribution in [0.3, 0.4) is 0 Å². The average molecular weight is 419 g/mol. The maximum atomic E-state index is 13.0. The summed E-state index contributed by atoms with van der Waals surface area (Å²) in [6.07, 6.45) is 3.99. The van der Waals surface area contributed by atoms with Crippen molar-refractivity contribution in [3.63, 3.8) is 0 Å². The lowest BCUT2D eigenvalue weighted by Crippen LogP contribution is -2.38. The molecule has 1 aromatic carbocycles. The lowest BCUT2D eigenvalue weighted by molar-refractivity contribution is 0.147. The number of nitrogens with one attached hydrogen (secondary N) is 1. The first kappa shape index (κ1) is 20.0. The second-order valence-corrected chi connectivity index (χ2v) is 9.48. The molecule has 3 aromatic rings. The third-order valence-corrected chi connectivity index (χ3v) is 7.64. The van der Waals surface area contributed by atoms with Crippen molar-refractivity contribution in [2.45, 2.75) is 49.5 Å². The zero-order valence-electron chi connectivity index (χ0n) is 16.1. The van der Waals surface area contributed by atoms with Gasteiger partial charge in [-0.3, -0.25) is 0 Å². The van der Waals surface area contributed by atoms with Crippen LogP contribution in [0.1, 0.15) is 44.2 Å². The predicted molar refractivity (Wildman–Crippen MR) is 108 cm³/mol. The van der Waals surface area contributed by atoms with Gasteiger partial charge in [-0.1, -0.05) is 31.4 Å². The number of nitrogens with zero attached hydrogens (tertiary/aromatic N) is 2. The highest BCUT2D eigenvalue weighted by Crippen LogP contribution is 2.32. The van der Waals surface area contributed by atoms with E-state index < -0.39 is 16.4 Å². The number of benzene rings is 1. The van der Waals surface area contributed by atoms with Crippen molar-refractivity contribution in [3.05, 3.63) is 48.3 Å². The number of hydrogen-bond acceptors (Lipinski definition) is 3. The average Bonchev–Trinajstić information content (AvgIpc) is 3.19. The molecule has 0 amide bonds. The molecule has 0 radical (unpaired) electrons. The van der Waals surface area contributed by atoms with Crippen molar-refractivity contribution in [1.29, 1.82) is 0 Å². The van der Waals surface area contributed by atoms with Crippen molar-refractivity contribution >= 4 is 21.1 Å². The molecule has 1 saturated carbocycles. The summed E-state index contributed by atoms with van der Waals surface area (Å²) in [5.41, 5.74) is 1.67. The topological polar surface area (TPSA) is 66.1 Å². The number of rotatable bonds is 5. The molecule has 1 fully saturated rings. The molecule has 8 heteroatoms. The fraction of sp³-hybridized carbons (Fsp3) is 0.381. The zero-order valence-corrected chi connectivity index (χ0v) is 16.9. The Balaban J connectivity index is 1.65. The van der Waals surface area contributed by atoms with Gasteiger partial charge in [0.15, 0.2) is 0 Å². The van der Waals surface area contributed by atoms with Crippen LogP contribution >= 0.6 is 0 Å². The van der Waals surface area contributed by atoms with E-state index in [0.29, 0.717) is 11.0 Å². The number of aromatic amines is 1. The highest BCUT2D eigenvalue weighted by atomic mass is 32.2. The number of halogens is 2. The van der Waals surface area contributed by atoms with Crippen LogP contribution in [-0.4, -0.2) is 35.8 Å². The molecule has 2 heterocycles. The fourth-order valence-corrected chi connectivity index (χ4v) is 5.45. The Kier molecular flexibility index (Phi) is 5.40. The van der Waals surface area contributed by atoms with Gasteiger partial charge < -0.3 is 4.98 Å². The summed E-state index contributed by atoms with van der Waals surface area (Å²) < 4.78 is 53.5. The summed E-state index contributed by atoms with van der Waals surface area (Å²) in [6.45, 7) is 0. The van der Waals surface area contributed by atoms with Gasteiger partial charge in [-0.2, -0.15) is 4.31 Å². The maximum Gasteiger partial charge on any atom is 0.278 e. The minimum atomic E-state index is -3.57. The first-order valence-electron chi connectivity index (χ1n) is 9.72. The summed E-state index contributed by atoms with van der Waals surface area (Å²) in [4.78, 5) is 6.98. The minimum absolute atomic E-state index is 0.0425. The highest BCUT2D eigenvalue weighted by molar-refractivity contribution is 7.89. The van der Waals surface area contributed by atoms with Crippen LogP contribution in [0.4, 0.5) is 8.78 Å². The number of H-pyrrole nitrogens is 1. The third-order valence-electron chi connectivity index (χ3n) is 5.72. The van der Waals surface area contributed by atoms with E-state index in [4.69, 9.17) is 0 Å². The molecule has 1 N–H and O–H groups in total. The van der Waals surface area contributed by atoms with Crippen molar-refractivity contribution in [2.24, 2.45) is 0 Å². The molecule has 0 saturated heterocycles. The van der Waals surface area contributed by atoms with Gasteiger partial charge in [-0.05, 0) is 48.2 Å². The SMILES string of the molecule is CN(C1CCCCC1)S(=O)(=O)c1ccc(-c2ccnc3[nH]c(C(F)F)cc23)cc1. The molecule has 0 unspecified atom stereocenters. The summed E-state index contributed by atoms with van der Waals surface area (Å²) in [5, 5.41) is 0.581. The van der Waals surface area contributed by atoms with Crippen LogP contribution in [0.5, 0.6) is 0 Å². The maximum absolute atomic E-state index is 13.0. The van der Waals surface area contributed by atoms with Gasteiger partial charge in [0.25, 0.3) is 6.43 Å². The summed E-state index contributed by atoms with van der Waals surface area (Å²) >= 11 is 0. The van der Waals surface area contributed by atoms with Crippen LogP contribution in [0, 0.1) is 0 Å². The molecule has 1 aliphatic carbocycles. The van der Waals surface area contributed by atoms with Gasteiger partial charge in [0.05, 0.1) is 10.6 Å². The number of pyridine rings is 1. The van der Waals surface area contributed by atoms with Gasteiger partial charge in [0.1, 0.15) is 5.65 Å². The van der Waals surface area contributed by atoms with E-state index in [1.807, 2.05) is 0 Å². The van der Waals surface area contributed by atoms with E-state index in [2.05, 4.69) is 9.97 Å². The monoisotopic (exact) mass is 419 g/mol. The Morgan fingerprint density at radius 3 is 2.45 bits per heavy atom. The zero-order chi connectivity index (χ0) is 20.6. The molecule has 0 spiro atoms. The second kappa shape index (κ2) is 7.84. The van der Waals surface area contributed by atoms with Crippen LogP contribution in [-0.2, 0) is 10.0 Å². The second-order valence-electron chi connectivity index (χ2n) is 7.48. The van der Waals surface area contributed by atoms with Gasteiger partial charge in [-0.25, -0.2) is 22.2 Å². The normalized spacial score (nSPS) is 16.2. The summed E-state index contributed by atoms with van der Waals surface area (Å²) in [7, 11) is -1.92. The van der Waals surface area contributed by atoms with E-state index in [0.717, 1.165) is 43.2 Å². The largest absolute Gasteiger partial charge is 0.338 e. The molecule has 154 valence electrons. The molecule has 0 aliphatic heterocycles. The number of fused-ring (bicyclic) bond motifs is 1. The number of sulfonamides is 1. The molecule has 2 aromatic heterocycles. The third kappa shape index (κ3) is 3.79. The van der Waals surface area contributed by atoms with Crippen LogP contribution in [0.25, 0.3) is 22.2 Å². The van der Waals surface area contributed by atoms with Crippen molar-refractivity contribution in [3.8, 4) is 11.1 Å². The smallest absolute Gasteiger partial charge is 0.278 e. The lowest BCUT2D eigenvalue weighted by atomic mass is 9.96. The van der Waals surface area contributed by atoms with Crippen molar-refractivity contribution in [2.75, 3.05) is 7.05 Å². The van der Waals surface area contributed by atoms with Crippen molar-refractivity contribution < 1.29 is 17.2 Å². The summed E-state index contributed by atoms with van der Waals surface area (Å²) in [6, 6.07) is 9.76. The Morgan fingerprint density at radius 1 is 1.10 bits per heavy atom. The van der Waals surface area contributed by atoms with Crippen LogP contribution < -0.4 is 0 Å². The van der Waals surface area contributed by atoms with Gasteiger partial charge in [0, 0.05) is 24.7 Å². The molecule has 5 nitrogen and oxygen atoms in total. The molecular weight excluding hydrogens is 396 g/mol. The molecule has 1 aliphatic rings. The van der Waals surface area contributed by atoms with Crippen molar-refractivity contribution in [1.82, 2.24) is 14.3 Å². The van der Waals surface area contributed by atoms with Crippen LogP contribution in [0.15, 0.2) is 47.5 Å². The van der Waals surface area contributed by atoms with E-state index >= 15 is 0 Å². The Hall–Kier alpha value is -2.32. The summed E-state index contributed by atoms with van der Waals surface area (Å²) in [5.74, 6) is 0. The fourth-order valence-electron chi connectivity index (χ4n) is 4.03. The standard InChI is InChI=1S/C21H23F2N3O2S/c1-26(15-5-3-2-4-6-15)29(27,28)16-9-7-14(8-10-16)17-11-12-24-21-18(17)13-19(25-21)20(22)23/h7-13,15,20H,2-6H2,1H3,(H,24,25). The number of aromatic nitrogens is 2. The quantitative estimate of drug-likeness (QED) is 0.624. The van der Waals surface area contributed by atoms with E-state index in [1.54, 1.807) is 43.6 Å². The highest BCUT2D eigenvalue weighted by Gasteiger charge is 2.29. The molecule has 29 heavy (non-hydrogen) atoms. The van der Waals surface area contributed by atoms with Gasteiger partial charge in [0.2, 0.25) is 10.0 Å². The molecule has 0 atom stereocenters. The molecular formula is C21H23F2N3O2S. The minimum Gasteiger partial charge on any atom is -0.338 e. The van der Waals surface area contributed by atoms with Gasteiger partial charge >= 0.3 is 0 Å². The Labute approximate surface area is 168 Å². The first-order valence-corrected chi connectivity index (χ1v) is 11.2. The number of alkyl halides is 2. The van der Waals surface area contributed by atoms with E-state index in [9.17, 15) is 17.2 Å². The lowest BCUT2D eigenvalue weighted by Gasteiger charge is -2.30. The predicted octanol–water partition coefficient (Wildman–Crippen LogP) is 5.12. The number of hydrogen-bond donors (Lipinski definition) is 1. The van der Waals surface area contributed by atoms with E-state index in [1.165, 1.54) is 10.4 Å². The van der Waals surface area contributed by atoms with Gasteiger partial charge in [-0.15, -0.1) is 0 Å². The molecule has 4 rings (SSSR count). The Bertz CT molecular complexity index is 1100. The van der Waals surface area contributed by atoms with E-state index in [-0.39, 0.29) is 16.6 Å². The first-order chi connectivity index (χ1) is 13.9.